The molecule has 2 aliphatic carbocycles. The fourth-order valence-electron chi connectivity index (χ4n) is 8.90. The van der Waals surface area contributed by atoms with Gasteiger partial charge in [0.15, 0.2) is 5.69 Å². The zero-order valence-electron chi connectivity index (χ0n) is 29.2. The Morgan fingerprint density at radius 1 is 0.911 bits per heavy atom. The molecule has 2 aliphatic heterocycles. The van der Waals surface area contributed by atoms with Crippen molar-refractivity contribution >= 4 is 63.7 Å². The van der Waals surface area contributed by atoms with E-state index in [4.69, 9.17) is 11.6 Å². The summed E-state index contributed by atoms with van der Waals surface area (Å²) >= 11 is 6.00. The fourth-order valence-corrected chi connectivity index (χ4v) is 9.08. The molecule has 56 heavy (non-hydrogen) atoms. The third-order valence-corrected chi connectivity index (χ3v) is 11.4. The van der Waals surface area contributed by atoms with Gasteiger partial charge in [0, 0.05) is 37.7 Å². The fraction of sp³-hybridized carbons (Fsp3) is 0.333. The number of rotatable bonds is 7. The number of nitrogens with zero attached hydrogens (tertiary/aromatic N) is 5. The van der Waals surface area contributed by atoms with Gasteiger partial charge < -0.3 is 14.7 Å². The number of imide groups is 2. The molecule has 20 heteroatoms. The van der Waals surface area contributed by atoms with Crippen LogP contribution in [-0.2, 0) is 19.2 Å². The Balaban J connectivity index is 1.39. The number of amides is 4. The number of allylic oxidation sites excluding steroid dienone is 2. The summed E-state index contributed by atoms with van der Waals surface area (Å²) in [5.41, 5.74) is -4.43. The van der Waals surface area contributed by atoms with Crippen LogP contribution in [0.2, 0.25) is 5.02 Å². The Morgan fingerprint density at radius 3 is 2.12 bits per heavy atom. The summed E-state index contributed by atoms with van der Waals surface area (Å²) in [5.74, 6) is -12.1. The minimum Gasteiger partial charge on any atom is -0.508 e. The third-order valence-electron chi connectivity index (χ3n) is 11.1. The van der Waals surface area contributed by atoms with E-state index in [9.17, 15) is 62.1 Å². The number of phenols is 1. The Hall–Kier alpha value is -6.11. The van der Waals surface area contributed by atoms with Gasteiger partial charge in [0.05, 0.1) is 49.4 Å². The lowest BCUT2D eigenvalue weighted by atomic mass is 9.51. The van der Waals surface area contributed by atoms with Crippen LogP contribution < -0.4 is 19.4 Å². The minimum absolute atomic E-state index is 0.128. The van der Waals surface area contributed by atoms with Crippen LogP contribution in [0.15, 0.2) is 60.2 Å². The number of phenolic OH excluding ortho intramolecular Hbond substituents is 1. The molecule has 0 radical (unpaired) electrons. The highest BCUT2D eigenvalue weighted by molar-refractivity contribution is 6.32. The average Bonchev–Trinajstić information content (AvgIpc) is 3.48. The Morgan fingerprint density at radius 2 is 1.55 bits per heavy atom. The number of carbonyl (C=O) groups is 4. The van der Waals surface area contributed by atoms with E-state index in [1.54, 1.807) is 0 Å². The van der Waals surface area contributed by atoms with E-state index in [2.05, 4.69) is 4.74 Å². The first-order valence-corrected chi connectivity index (χ1v) is 17.2. The van der Waals surface area contributed by atoms with E-state index in [1.165, 1.54) is 27.1 Å². The van der Waals surface area contributed by atoms with Crippen molar-refractivity contribution in [3.8, 4) is 11.5 Å². The van der Waals surface area contributed by atoms with Crippen LogP contribution in [0, 0.1) is 55.1 Å². The number of anilines is 3. The summed E-state index contributed by atoms with van der Waals surface area (Å²) in [6, 6.07) is 7.42. The largest absolute Gasteiger partial charge is 0.573 e. The van der Waals surface area contributed by atoms with Gasteiger partial charge in [-0.2, -0.15) is 0 Å². The molecule has 2 heterocycles. The quantitative estimate of drug-likeness (QED) is 0.0914. The summed E-state index contributed by atoms with van der Waals surface area (Å²) in [7, 11) is 2.67. The van der Waals surface area contributed by atoms with E-state index < -0.39 is 120 Å². The molecule has 3 fully saturated rings. The third kappa shape index (κ3) is 5.70. The number of alkyl halides is 3. The van der Waals surface area contributed by atoms with Gasteiger partial charge in [0.25, 0.3) is 0 Å². The van der Waals surface area contributed by atoms with Crippen LogP contribution >= 0.6 is 11.6 Å². The van der Waals surface area contributed by atoms with Crippen LogP contribution in [0.5, 0.6) is 11.5 Å². The topological polar surface area (TPSA) is 194 Å². The monoisotopic (exact) mass is 801 g/mol. The maximum atomic E-state index is 14.6. The number of ether oxygens (including phenoxy) is 1. The predicted molar refractivity (Wildman–Crippen MR) is 187 cm³/mol. The summed E-state index contributed by atoms with van der Waals surface area (Å²) in [6.45, 7) is 1.38. The second-order valence-corrected chi connectivity index (χ2v) is 14.7. The van der Waals surface area contributed by atoms with Gasteiger partial charge in [-0.05, 0) is 62.1 Å². The lowest BCUT2D eigenvalue weighted by Crippen LogP contribution is -2.49. The molecule has 292 valence electrons. The van der Waals surface area contributed by atoms with Gasteiger partial charge in [0.1, 0.15) is 17.3 Å². The highest BCUT2D eigenvalue weighted by Crippen LogP contribution is 2.65. The van der Waals surface area contributed by atoms with Crippen molar-refractivity contribution in [2.45, 2.75) is 32.0 Å². The Labute approximate surface area is 318 Å². The zero-order chi connectivity index (χ0) is 40.9. The smallest absolute Gasteiger partial charge is 0.508 e. The molecule has 1 N–H and O–H groups in total. The molecule has 3 aromatic rings. The zero-order valence-corrected chi connectivity index (χ0v) is 30.0. The summed E-state index contributed by atoms with van der Waals surface area (Å²) in [6.07, 6.45) is -4.13. The molecular weight excluding hydrogens is 774 g/mol. The van der Waals surface area contributed by atoms with Crippen LogP contribution in [0.25, 0.3) is 0 Å². The second-order valence-electron chi connectivity index (χ2n) is 14.3. The number of fused-ring (bicyclic) bond motifs is 4. The van der Waals surface area contributed by atoms with Gasteiger partial charge in [0.2, 0.25) is 23.6 Å². The van der Waals surface area contributed by atoms with Crippen LogP contribution in [0.3, 0.4) is 0 Å². The van der Waals surface area contributed by atoms with Crippen molar-refractivity contribution < 1.29 is 56.4 Å². The number of carbonyl (C=O) groups excluding carboxylic acids is 4. The first kappa shape index (κ1) is 38.2. The van der Waals surface area contributed by atoms with Gasteiger partial charge in [-0.1, -0.05) is 23.3 Å². The second kappa shape index (κ2) is 13.0. The highest BCUT2D eigenvalue weighted by Gasteiger charge is 2.68. The molecule has 6 unspecified atom stereocenters. The van der Waals surface area contributed by atoms with E-state index in [0.29, 0.717) is 4.90 Å². The lowest BCUT2D eigenvalue weighted by Gasteiger charge is -2.49. The number of hydrogen-bond donors (Lipinski definition) is 1. The van der Waals surface area contributed by atoms with Crippen LogP contribution in [0.1, 0.15) is 31.2 Å². The van der Waals surface area contributed by atoms with E-state index >= 15 is 0 Å². The molecule has 7 rings (SSSR count). The Kier molecular flexibility index (Phi) is 8.86. The maximum absolute atomic E-state index is 14.6. The lowest BCUT2D eigenvalue weighted by molar-refractivity contribution is -0.392. The van der Waals surface area contributed by atoms with Crippen LogP contribution in [-0.4, -0.2) is 59.0 Å². The summed E-state index contributed by atoms with van der Waals surface area (Å²) in [4.78, 5) is 82.5. The number of aromatic hydroxyl groups is 1. The molecule has 0 aromatic heterocycles. The normalized spacial score (nSPS) is 25.8. The molecule has 0 spiro atoms. The molecule has 15 nitrogen and oxygen atoms in total. The van der Waals surface area contributed by atoms with Crippen molar-refractivity contribution in [1.29, 1.82) is 0 Å². The molecule has 6 atom stereocenters. The molecule has 1 saturated carbocycles. The number of nitro groups is 2. The van der Waals surface area contributed by atoms with Crippen molar-refractivity contribution in [3.63, 3.8) is 0 Å². The SMILES string of the molecule is CN(C)c1c([N+](=O)[O-])cc(N2C(=O)C3CC=C4C(CC5C(=O)N(c6ccc(F)c(Cl)c6)C(=O)C5(C)C4c4cc(OC(F)(F)F)ccc4O)C3C2=O)cc1[N+](=O)[O-]. The van der Waals surface area contributed by atoms with Crippen molar-refractivity contribution in [3.05, 3.63) is 96.8 Å². The molecule has 2 saturated heterocycles. The first-order chi connectivity index (χ1) is 26.2. The summed E-state index contributed by atoms with van der Waals surface area (Å²) in [5, 5.41) is 35.0. The Bertz CT molecular complexity index is 2300. The van der Waals surface area contributed by atoms with Crippen molar-refractivity contribution in [1.82, 2.24) is 0 Å². The predicted octanol–water partition coefficient (Wildman–Crippen LogP) is 6.40. The maximum Gasteiger partial charge on any atom is 0.573 e. The van der Waals surface area contributed by atoms with E-state index in [1.807, 2.05) is 0 Å². The minimum atomic E-state index is -5.17. The van der Waals surface area contributed by atoms with Crippen molar-refractivity contribution in [2.75, 3.05) is 28.8 Å². The van der Waals surface area contributed by atoms with Gasteiger partial charge >= 0.3 is 17.7 Å². The number of benzene rings is 3. The van der Waals surface area contributed by atoms with E-state index in [0.717, 1.165) is 58.3 Å². The van der Waals surface area contributed by atoms with Gasteiger partial charge in [-0.15, -0.1) is 13.2 Å². The first-order valence-electron chi connectivity index (χ1n) is 16.8. The van der Waals surface area contributed by atoms with Gasteiger partial charge in [-0.3, -0.25) is 39.4 Å². The number of halogens is 5. The molecule has 4 aliphatic rings. The average molecular weight is 802 g/mol. The van der Waals surface area contributed by atoms with Crippen molar-refractivity contribution in [2.24, 2.45) is 29.1 Å². The number of hydrogen-bond acceptors (Lipinski definition) is 11. The molecule has 4 amide bonds. The molecular formula is C36H28ClF4N5O10. The van der Waals surface area contributed by atoms with E-state index in [-0.39, 0.29) is 29.7 Å². The number of nitro benzene ring substituents is 2. The highest BCUT2D eigenvalue weighted by atomic mass is 35.5. The van der Waals surface area contributed by atoms with Crippen LogP contribution in [0.4, 0.5) is 46.0 Å². The molecule has 3 aromatic carbocycles. The molecule has 0 bridgehead atoms. The standard InChI is InChI=1S/C36H28ClF4N5O10/c1-35-22(32(49)44(34(35)51)15-4-8-24(38)23(37)10-15)14-20-18(29(35)21-13-17(5-9-27(21)47)56-36(39,40)41)6-7-19-28(20)33(50)43(31(19)48)16-11-25(45(52)53)30(42(2)3)26(12-16)46(54)55/h4-6,8-13,19-20,22,28-29,47H,7,14H2,1-3H3. The summed E-state index contributed by atoms with van der Waals surface area (Å²) < 4.78 is 58.5. The van der Waals surface area contributed by atoms with Gasteiger partial charge in [-0.25, -0.2) is 14.2 Å².